The molecule has 1 saturated carbocycles. The maximum absolute atomic E-state index is 7.49. The van der Waals surface area contributed by atoms with E-state index in [1.807, 2.05) is 0 Å². The van der Waals surface area contributed by atoms with Crippen molar-refractivity contribution in [3.63, 3.8) is 0 Å². The lowest BCUT2D eigenvalue weighted by atomic mass is 9.98. The monoisotopic (exact) mass is 169 g/mol. The van der Waals surface area contributed by atoms with Crippen LogP contribution in [-0.4, -0.2) is 31.4 Å². The highest BCUT2D eigenvalue weighted by Crippen LogP contribution is 2.54. The molecule has 3 heteroatoms. The number of amidine groups is 1. The van der Waals surface area contributed by atoms with E-state index in [0.29, 0.717) is 11.8 Å². The average Bonchev–Trinajstić information content (AvgIpc) is 2.59. The Morgan fingerprint density at radius 1 is 1.67 bits per heavy atom. The summed E-state index contributed by atoms with van der Waals surface area (Å²) < 4.78 is 0. The standard InChI is InChI=1S/C9H19N3/c1-7-6-9(7,8(10)11)4-5-12(2)3/h7H,4-6H2,1-3H3,(H3,10,11). The lowest BCUT2D eigenvalue weighted by Gasteiger charge is -2.17. The summed E-state index contributed by atoms with van der Waals surface area (Å²) in [4.78, 5) is 2.15. The molecule has 1 rings (SSSR count). The Morgan fingerprint density at radius 3 is 2.42 bits per heavy atom. The molecular formula is C9H19N3. The fraction of sp³-hybridized carbons (Fsp3) is 0.889. The molecule has 0 amide bonds. The van der Waals surface area contributed by atoms with Gasteiger partial charge in [0.25, 0.3) is 0 Å². The smallest absolute Gasteiger partial charge is 0.0972 e. The van der Waals surface area contributed by atoms with E-state index < -0.39 is 0 Å². The highest BCUT2D eigenvalue weighted by molar-refractivity contribution is 5.86. The van der Waals surface area contributed by atoms with Gasteiger partial charge in [-0.25, -0.2) is 0 Å². The van der Waals surface area contributed by atoms with E-state index >= 15 is 0 Å². The zero-order valence-electron chi connectivity index (χ0n) is 8.22. The van der Waals surface area contributed by atoms with Crippen molar-refractivity contribution in [2.75, 3.05) is 20.6 Å². The molecular weight excluding hydrogens is 150 g/mol. The molecule has 0 saturated heterocycles. The highest BCUT2D eigenvalue weighted by atomic mass is 15.1. The maximum Gasteiger partial charge on any atom is 0.0972 e. The van der Waals surface area contributed by atoms with Gasteiger partial charge in [0.15, 0.2) is 0 Å². The highest BCUT2D eigenvalue weighted by Gasteiger charge is 2.53. The Hall–Kier alpha value is -0.570. The Labute approximate surface area is 74.4 Å². The van der Waals surface area contributed by atoms with Crippen LogP contribution < -0.4 is 5.73 Å². The summed E-state index contributed by atoms with van der Waals surface area (Å²) in [6.07, 6.45) is 2.15. The van der Waals surface area contributed by atoms with E-state index in [-0.39, 0.29) is 5.41 Å². The molecule has 2 unspecified atom stereocenters. The van der Waals surface area contributed by atoms with Crippen LogP contribution in [0.25, 0.3) is 0 Å². The second-order valence-electron chi connectivity index (χ2n) is 4.23. The predicted octanol–water partition coefficient (Wildman–Crippen LogP) is 0.900. The number of rotatable bonds is 4. The first-order valence-corrected chi connectivity index (χ1v) is 4.48. The van der Waals surface area contributed by atoms with Gasteiger partial charge in [-0.3, -0.25) is 5.41 Å². The van der Waals surface area contributed by atoms with Crippen LogP contribution in [0.1, 0.15) is 19.8 Å². The molecule has 0 aromatic heterocycles. The summed E-state index contributed by atoms with van der Waals surface area (Å²) in [7, 11) is 4.11. The number of nitrogens with two attached hydrogens (primary N) is 1. The molecule has 12 heavy (non-hydrogen) atoms. The lowest BCUT2D eigenvalue weighted by Crippen LogP contribution is -2.29. The fourth-order valence-electron chi connectivity index (χ4n) is 1.77. The van der Waals surface area contributed by atoms with Crippen molar-refractivity contribution < 1.29 is 0 Å². The van der Waals surface area contributed by atoms with E-state index in [1.54, 1.807) is 0 Å². The zero-order chi connectivity index (χ0) is 9.35. The third-order valence-corrected chi connectivity index (χ3v) is 3.00. The second kappa shape index (κ2) is 3.05. The first-order valence-electron chi connectivity index (χ1n) is 4.48. The van der Waals surface area contributed by atoms with Gasteiger partial charge >= 0.3 is 0 Å². The summed E-state index contributed by atoms with van der Waals surface area (Å²) in [6, 6.07) is 0. The van der Waals surface area contributed by atoms with Gasteiger partial charge in [0.2, 0.25) is 0 Å². The van der Waals surface area contributed by atoms with Crippen LogP contribution in [0.3, 0.4) is 0 Å². The summed E-state index contributed by atoms with van der Waals surface area (Å²) in [5, 5.41) is 7.49. The van der Waals surface area contributed by atoms with Crippen LogP contribution in [0.15, 0.2) is 0 Å². The molecule has 70 valence electrons. The van der Waals surface area contributed by atoms with Gasteiger partial charge in [-0.2, -0.15) is 0 Å². The molecule has 1 aliphatic rings. The SMILES string of the molecule is CC1CC1(CCN(C)C)C(=N)N. The van der Waals surface area contributed by atoms with Crippen molar-refractivity contribution in [1.29, 1.82) is 5.41 Å². The van der Waals surface area contributed by atoms with Crippen LogP contribution >= 0.6 is 0 Å². The third-order valence-electron chi connectivity index (χ3n) is 3.00. The van der Waals surface area contributed by atoms with Gasteiger partial charge in [0.05, 0.1) is 5.84 Å². The molecule has 0 aromatic rings. The van der Waals surface area contributed by atoms with Gasteiger partial charge in [0, 0.05) is 5.41 Å². The van der Waals surface area contributed by atoms with Gasteiger partial charge in [-0.15, -0.1) is 0 Å². The fourth-order valence-corrected chi connectivity index (χ4v) is 1.77. The maximum atomic E-state index is 7.49. The van der Waals surface area contributed by atoms with Crippen molar-refractivity contribution in [2.45, 2.75) is 19.8 Å². The molecule has 0 radical (unpaired) electrons. The molecule has 0 aliphatic heterocycles. The van der Waals surface area contributed by atoms with Crippen LogP contribution in [0.4, 0.5) is 0 Å². The first kappa shape index (κ1) is 9.52. The third kappa shape index (κ3) is 1.61. The Balaban J connectivity index is 2.43. The van der Waals surface area contributed by atoms with Gasteiger partial charge < -0.3 is 10.6 Å². The van der Waals surface area contributed by atoms with E-state index in [4.69, 9.17) is 11.1 Å². The minimum absolute atomic E-state index is 0.0598. The summed E-state index contributed by atoms with van der Waals surface area (Å²) >= 11 is 0. The number of nitrogens with zero attached hydrogens (tertiary/aromatic N) is 1. The topological polar surface area (TPSA) is 53.1 Å². The lowest BCUT2D eigenvalue weighted by molar-refractivity contribution is 0.365. The van der Waals surface area contributed by atoms with Crippen LogP contribution in [0.2, 0.25) is 0 Å². The number of nitrogens with one attached hydrogen (secondary N) is 1. The Bertz CT molecular complexity index is 188. The number of hydrogen-bond donors (Lipinski definition) is 2. The minimum Gasteiger partial charge on any atom is -0.387 e. The molecule has 1 aliphatic carbocycles. The van der Waals surface area contributed by atoms with Crippen molar-refractivity contribution >= 4 is 5.84 Å². The average molecular weight is 169 g/mol. The summed E-state index contributed by atoms with van der Waals surface area (Å²) in [5.74, 6) is 1.01. The molecule has 0 spiro atoms. The van der Waals surface area contributed by atoms with Crippen LogP contribution in [-0.2, 0) is 0 Å². The normalized spacial score (nSPS) is 33.8. The van der Waals surface area contributed by atoms with Crippen LogP contribution in [0, 0.1) is 16.7 Å². The molecule has 0 aromatic carbocycles. The first-order chi connectivity index (χ1) is 5.49. The van der Waals surface area contributed by atoms with Crippen molar-refractivity contribution in [3.05, 3.63) is 0 Å². The molecule has 0 bridgehead atoms. The van der Waals surface area contributed by atoms with E-state index in [1.165, 1.54) is 0 Å². The van der Waals surface area contributed by atoms with Gasteiger partial charge in [-0.1, -0.05) is 6.92 Å². The Morgan fingerprint density at radius 2 is 2.17 bits per heavy atom. The van der Waals surface area contributed by atoms with Crippen molar-refractivity contribution in [3.8, 4) is 0 Å². The van der Waals surface area contributed by atoms with Crippen molar-refractivity contribution in [2.24, 2.45) is 17.1 Å². The second-order valence-corrected chi connectivity index (χ2v) is 4.23. The zero-order valence-corrected chi connectivity index (χ0v) is 8.22. The molecule has 3 nitrogen and oxygen atoms in total. The van der Waals surface area contributed by atoms with Gasteiger partial charge in [0.1, 0.15) is 0 Å². The molecule has 3 N–H and O–H groups in total. The van der Waals surface area contributed by atoms with Crippen LogP contribution in [0.5, 0.6) is 0 Å². The largest absolute Gasteiger partial charge is 0.387 e. The van der Waals surface area contributed by atoms with E-state index in [9.17, 15) is 0 Å². The van der Waals surface area contributed by atoms with Crippen molar-refractivity contribution in [1.82, 2.24) is 4.90 Å². The Kier molecular flexibility index (Phi) is 2.42. The number of hydrogen-bond acceptors (Lipinski definition) is 2. The predicted molar refractivity (Wildman–Crippen MR) is 51.3 cm³/mol. The quantitative estimate of drug-likeness (QED) is 0.485. The van der Waals surface area contributed by atoms with Gasteiger partial charge in [-0.05, 0) is 39.4 Å². The summed E-state index contributed by atoms with van der Waals surface area (Å²) in [5.41, 5.74) is 5.63. The molecule has 0 heterocycles. The van der Waals surface area contributed by atoms with E-state index in [0.717, 1.165) is 19.4 Å². The summed E-state index contributed by atoms with van der Waals surface area (Å²) in [6.45, 7) is 3.21. The van der Waals surface area contributed by atoms with E-state index in [2.05, 4.69) is 25.9 Å². The molecule has 1 fully saturated rings. The minimum atomic E-state index is 0.0598. The molecule has 2 atom stereocenters.